The number of nitrogens with two attached hydrogens (primary N) is 1. The molecule has 0 atom stereocenters. The number of rotatable bonds is 3. The van der Waals surface area contributed by atoms with E-state index in [2.05, 4.69) is 49.6 Å². The van der Waals surface area contributed by atoms with Crippen molar-refractivity contribution in [1.29, 1.82) is 0 Å². The van der Waals surface area contributed by atoms with Gasteiger partial charge in [-0.1, -0.05) is 11.6 Å². The lowest BCUT2D eigenvalue weighted by molar-refractivity contribution is 0.118. The first kappa shape index (κ1) is 11.2. The second-order valence-electron chi connectivity index (χ2n) is 4.47. The number of aryl methyl sites for hydroxylation is 1. The van der Waals surface area contributed by atoms with Crippen LogP contribution in [-0.2, 0) is 11.4 Å². The van der Waals surface area contributed by atoms with E-state index < -0.39 is 0 Å². The Bertz CT molecular complexity index is 500. The monoisotopic (exact) mass is 218 g/mol. The maximum absolute atomic E-state index is 5.17. The summed E-state index contributed by atoms with van der Waals surface area (Å²) < 4.78 is 2.27. The Kier molecular flexibility index (Phi) is 2.99. The molecule has 0 unspecified atom stereocenters. The zero-order chi connectivity index (χ0) is 11.7. The summed E-state index contributed by atoms with van der Waals surface area (Å²) in [5, 5.41) is 1.25. The Hall–Kier alpha value is -1.32. The van der Waals surface area contributed by atoms with Gasteiger partial charge in [0.15, 0.2) is 0 Å². The molecule has 1 aromatic heterocycles. The molecular weight excluding hydrogens is 200 g/mol. The molecule has 16 heavy (non-hydrogen) atoms. The molecule has 0 saturated heterocycles. The number of hydrogen-bond donors (Lipinski definition) is 1. The number of nitrogens with zero attached hydrogens (tertiary/aromatic N) is 1. The van der Waals surface area contributed by atoms with Crippen LogP contribution in [0, 0.1) is 6.92 Å². The first-order chi connectivity index (χ1) is 7.63. The van der Waals surface area contributed by atoms with Crippen LogP contribution in [0.4, 0.5) is 0 Å². The summed E-state index contributed by atoms with van der Waals surface area (Å²) in [6.07, 6.45) is 0. The van der Waals surface area contributed by atoms with Gasteiger partial charge in [0.2, 0.25) is 0 Å². The second-order valence-corrected chi connectivity index (χ2v) is 4.47. The lowest BCUT2D eigenvalue weighted by atomic mass is 10.2. The molecule has 0 aliphatic rings. The van der Waals surface area contributed by atoms with Crippen LogP contribution in [0.1, 0.15) is 31.1 Å². The minimum atomic E-state index is 0.408. The van der Waals surface area contributed by atoms with Gasteiger partial charge in [-0.05, 0) is 39.0 Å². The molecule has 2 aromatic rings. The normalized spacial score (nSPS) is 11.6. The quantitative estimate of drug-likeness (QED) is 0.805. The van der Waals surface area contributed by atoms with E-state index >= 15 is 0 Å². The molecule has 0 aliphatic heterocycles. The van der Waals surface area contributed by atoms with Crippen molar-refractivity contribution in [3.63, 3.8) is 0 Å². The van der Waals surface area contributed by atoms with Gasteiger partial charge in [-0.3, -0.25) is 4.84 Å². The van der Waals surface area contributed by atoms with Gasteiger partial charge in [-0.15, -0.1) is 0 Å². The standard InChI is InChI=1S/C13H18N2O/c1-9(2)15-12(8-16-14)7-11-6-10(3)4-5-13(11)15/h4-7,9H,8,14H2,1-3H3. The third-order valence-electron chi connectivity index (χ3n) is 2.82. The fraction of sp³-hybridized carbons (Fsp3) is 0.385. The largest absolute Gasteiger partial charge is 0.340 e. The molecular formula is C13H18N2O. The van der Waals surface area contributed by atoms with Crippen molar-refractivity contribution >= 4 is 10.9 Å². The average molecular weight is 218 g/mol. The SMILES string of the molecule is Cc1ccc2c(c1)cc(CON)n2C(C)C. The van der Waals surface area contributed by atoms with E-state index in [1.165, 1.54) is 16.5 Å². The zero-order valence-corrected chi connectivity index (χ0v) is 10.0. The van der Waals surface area contributed by atoms with Gasteiger partial charge in [0, 0.05) is 22.6 Å². The van der Waals surface area contributed by atoms with Crippen molar-refractivity contribution in [2.75, 3.05) is 0 Å². The zero-order valence-electron chi connectivity index (χ0n) is 10.0. The van der Waals surface area contributed by atoms with Crippen LogP contribution >= 0.6 is 0 Å². The Labute approximate surface area is 95.8 Å². The predicted octanol–water partition coefficient (Wildman–Crippen LogP) is 2.92. The van der Waals surface area contributed by atoms with Crippen molar-refractivity contribution in [2.45, 2.75) is 33.4 Å². The van der Waals surface area contributed by atoms with Crippen LogP contribution < -0.4 is 5.90 Å². The van der Waals surface area contributed by atoms with E-state index in [1.54, 1.807) is 0 Å². The first-order valence-corrected chi connectivity index (χ1v) is 5.55. The average Bonchev–Trinajstić information content (AvgIpc) is 2.55. The van der Waals surface area contributed by atoms with Crippen LogP contribution in [-0.4, -0.2) is 4.57 Å². The lowest BCUT2D eigenvalue weighted by Gasteiger charge is -2.13. The van der Waals surface area contributed by atoms with Gasteiger partial charge in [0.25, 0.3) is 0 Å². The molecule has 0 bridgehead atoms. The summed E-state index contributed by atoms with van der Waals surface area (Å²) in [6, 6.07) is 9.04. The lowest BCUT2D eigenvalue weighted by Crippen LogP contribution is -2.08. The van der Waals surface area contributed by atoms with Crippen molar-refractivity contribution in [1.82, 2.24) is 4.57 Å². The molecule has 1 heterocycles. The smallest absolute Gasteiger partial charge is 0.108 e. The van der Waals surface area contributed by atoms with Crippen molar-refractivity contribution in [3.8, 4) is 0 Å². The number of benzene rings is 1. The second kappa shape index (κ2) is 4.28. The molecule has 2 rings (SSSR count). The summed E-state index contributed by atoms with van der Waals surface area (Å²) in [7, 11) is 0. The van der Waals surface area contributed by atoms with Gasteiger partial charge in [-0.25, -0.2) is 5.90 Å². The molecule has 0 radical (unpaired) electrons. The highest BCUT2D eigenvalue weighted by Crippen LogP contribution is 2.25. The number of hydrogen-bond acceptors (Lipinski definition) is 2. The number of fused-ring (bicyclic) bond motifs is 1. The van der Waals surface area contributed by atoms with Crippen molar-refractivity contribution in [2.24, 2.45) is 5.90 Å². The van der Waals surface area contributed by atoms with Crippen LogP contribution in [0.2, 0.25) is 0 Å². The molecule has 3 heteroatoms. The van der Waals surface area contributed by atoms with Crippen LogP contribution in [0.25, 0.3) is 10.9 Å². The maximum Gasteiger partial charge on any atom is 0.108 e. The van der Waals surface area contributed by atoms with Gasteiger partial charge >= 0.3 is 0 Å². The molecule has 3 nitrogen and oxygen atoms in total. The highest BCUT2D eigenvalue weighted by Gasteiger charge is 2.11. The van der Waals surface area contributed by atoms with Gasteiger partial charge in [0.1, 0.15) is 6.61 Å². The van der Waals surface area contributed by atoms with Gasteiger partial charge in [0.05, 0.1) is 0 Å². The van der Waals surface area contributed by atoms with E-state index in [0.717, 1.165) is 5.69 Å². The number of aromatic nitrogens is 1. The van der Waals surface area contributed by atoms with E-state index in [0.29, 0.717) is 12.6 Å². The Morgan fingerprint density at radius 2 is 2.06 bits per heavy atom. The first-order valence-electron chi connectivity index (χ1n) is 5.55. The fourth-order valence-electron chi connectivity index (χ4n) is 2.22. The summed E-state index contributed by atoms with van der Waals surface area (Å²) in [6.45, 7) is 6.88. The summed E-state index contributed by atoms with van der Waals surface area (Å²) in [5.74, 6) is 5.17. The van der Waals surface area contributed by atoms with E-state index in [9.17, 15) is 0 Å². The van der Waals surface area contributed by atoms with Crippen molar-refractivity contribution < 1.29 is 4.84 Å². The highest BCUT2D eigenvalue weighted by molar-refractivity contribution is 5.82. The van der Waals surface area contributed by atoms with E-state index in [4.69, 9.17) is 10.7 Å². The molecule has 1 aromatic carbocycles. The van der Waals surface area contributed by atoms with E-state index in [-0.39, 0.29) is 0 Å². The molecule has 0 aliphatic carbocycles. The Morgan fingerprint density at radius 3 is 2.69 bits per heavy atom. The van der Waals surface area contributed by atoms with Crippen LogP contribution in [0.5, 0.6) is 0 Å². The highest BCUT2D eigenvalue weighted by atomic mass is 16.6. The maximum atomic E-state index is 5.17. The topological polar surface area (TPSA) is 40.2 Å². The molecule has 0 fully saturated rings. The molecule has 0 amide bonds. The third-order valence-corrected chi connectivity index (χ3v) is 2.82. The summed E-state index contributed by atoms with van der Waals surface area (Å²) in [4.78, 5) is 4.76. The Balaban J connectivity index is 2.65. The predicted molar refractivity (Wildman–Crippen MR) is 66.0 cm³/mol. The minimum Gasteiger partial charge on any atom is -0.340 e. The van der Waals surface area contributed by atoms with E-state index in [1.807, 2.05) is 0 Å². The summed E-state index contributed by atoms with van der Waals surface area (Å²) in [5.41, 5.74) is 3.64. The summed E-state index contributed by atoms with van der Waals surface area (Å²) >= 11 is 0. The minimum absolute atomic E-state index is 0.408. The Morgan fingerprint density at radius 1 is 1.31 bits per heavy atom. The molecule has 86 valence electrons. The van der Waals surface area contributed by atoms with Crippen molar-refractivity contribution in [3.05, 3.63) is 35.5 Å². The molecule has 0 saturated carbocycles. The molecule has 2 N–H and O–H groups in total. The third kappa shape index (κ3) is 1.84. The van der Waals surface area contributed by atoms with Crippen LogP contribution in [0.15, 0.2) is 24.3 Å². The van der Waals surface area contributed by atoms with Gasteiger partial charge < -0.3 is 4.57 Å². The van der Waals surface area contributed by atoms with Crippen LogP contribution in [0.3, 0.4) is 0 Å². The van der Waals surface area contributed by atoms with Gasteiger partial charge in [-0.2, -0.15) is 0 Å². The molecule has 0 spiro atoms. The fourth-order valence-corrected chi connectivity index (χ4v) is 2.22.